The third-order valence-electron chi connectivity index (χ3n) is 4.43. The zero-order valence-electron chi connectivity index (χ0n) is 15.8. The number of carbonyl (C=O) groups excluding carboxylic acids is 2. The van der Waals surface area contributed by atoms with Gasteiger partial charge in [-0.25, -0.2) is 0 Å². The van der Waals surface area contributed by atoms with E-state index in [4.69, 9.17) is 34.8 Å². The van der Waals surface area contributed by atoms with Gasteiger partial charge in [0.05, 0.1) is 6.42 Å². The Morgan fingerprint density at radius 3 is 2.14 bits per heavy atom. The minimum Gasteiger partial charge on any atom is -0.355 e. The number of hydrogen-bond donors (Lipinski definition) is 1. The maximum Gasteiger partial charge on any atom is 0.242 e. The fourth-order valence-electron chi connectivity index (χ4n) is 2.97. The topological polar surface area (TPSA) is 49.4 Å². The van der Waals surface area contributed by atoms with Gasteiger partial charge in [0.15, 0.2) is 0 Å². The molecular formula is C21H23Cl3N2O2. The second-order valence-electron chi connectivity index (χ2n) is 6.31. The van der Waals surface area contributed by atoms with Crippen LogP contribution in [0, 0.1) is 0 Å². The Balaban J connectivity index is 2.38. The Bertz CT molecular complexity index is 822. The molecule has 150 valence electrons. The van der Waals surface area contributed by atoms with E-state index in [0.29, 0.717) is 39.2 Å². The summed E-state index contributed by atoms with van der Waals surface area (Å²) in [5, 5.41) is 4.21. The molecule has 0 radical (unpaired) electrons. The zero-order chi connectivity index (χ0) is 20.7. The van der Waals surface area contributed by atoms with Crippen molar-refractivity contribution in [2.75, 3.05) is 6.54 Å². The van der Waals surface area contributed by atoms with Gasteiger partial charge in [-0.3, -0.25) is 9.59 Å². The first-order valence-corrected chi connectivity index (χ1v) is 10.3. The molecule has 0 saturated heterocycles. The lowest BCUT2D eigenvalue weighted by Crippen LogP contribution is -2.49. The highest BCUT2D eigenvalue weighted by Gasteiger charge is 2.29. The average Bonchev–Trinajstić information content (AvgIpc) is 2.66. The van der Waals surface area contributed by atoms with E-state index in [-0.39, 0.29) is 24.8 Å². The second kappa shape index (κ2) is 10.7. The molecule has 0 bridgehead atoms. The lowest BCUT2D eigenvalue weighted by atomic mass is 10.1. The van der Waals surface area contributed by atoms with Gasteiger partial charge in [-0.2, -0.15) is 0 Å². The highest BCUT2D eigenvalue weighted by molar-refractivity contribution is 6.36. The SMILES string of the molecule is CCNC(=O)[C@H](CC)N(Cc1c(Cl)cccc1Cl)C(=O)Cc1ccccc1Cl. The molecule has 4 nitrogen and oxygen atoms in total. The van der Waals surface area contributed by atoms with Crippen molar-refractivity contribution in [1.82, 2.24) is 10.2 Å². The largest absolute Gasteiger partial charge is 0.355 e. The summed E-state index contributed by atoms with van der Waals surface area (Å²) in [6, 6.07) is 11.7. The minimum atomic E-state index is -0.637. The van der Waals surface area contributed by atoms with Gasteiger partial charge in [-0.1, -0.05) is 66.0 Å². The van der Waals surface area contributed by atoms with Gasteiger partial charge < -0.3 is 10.2 Å². The highest BCUT2D eigenvalue weighted by Crippen LogP contribution is 2.27. The molecule has 2 aromatic rings. The van der Waals surface area contributed by atoms with Gasteiger partial charge in [0.1, 0.15) is 6.04 Å². The molecule has 2 amide bonds. The summed E-state index contributed by atoms with van der Waals surface area (Å²) in [4.78, 5) is 27.3. The summed E-state index contributed by atoms with van der Waals surface area (Å²) in [6.45, 7) is 4.32. The summed E-state index contributed by atoms with van der Waals surface area (Å²) >= 11 is 18.8. The van der Waals surface area contributed by atoms with Crippen molar-refractivity contribution in [2.24, 2.45) is 0 Å². The number of benzene rings is 2. The second-order valence-corrected chi connectivity index (χ2v) is 7.53. The van der Waals surface area contributed by atoms with Crippen LogP contribution in [0.4, 0.5) is 0 Å². The monoisotopic (exact) mass is 440 g/mol. The number of nitrogens with one attached hydrogen (secondary N) is 1. The molecule has 0 spiro atoms. The van der Waals surface area contributed by atoms with E-state index in [1.807, 2.05) is 19.9 Å². The molecule has 2 rings (SSSR count). The van der Waals surface area contributed by atoms with Gasteiger partial charge in [0, 0.05) is 33.7 Å². The maximum absolute atomic E-state index is 13.2. The van der Waals surface area contributed by atoms with Gasteiger partial charge in [-0.05, 0) is 37.1 Å². The van der Waals surface area contributed by atoms with Crippen LogP contribution >= 0.6 is 34.8 Å². The van der Waals surface area contributed by atoms with Crippen LogP contribution in [-0.2, 0) is 22.6 Å². The van der Waals surface area contributed by atoms with Crippen LogP contribution in [0.3, 0.4) is 0 Å². The average molecular weight is 442 g/mol. The third kappa shape index (κ3) is 5.63. The van der Waals surface area contributed by atoms with E-state index < -0.39 is 6.04 Å². The van der Waals surface area contributed by atoms with E-state index in [1.165, 1.54) is 4.90 Å². The number of hydrogen-bond acceptors (Lipinski definition) is 2. The van der Waals surface area contributed by atoms with Crippen molar-refractivity contribution in [3.05, 3.63) is 68.7 Å². The van der Waals surface area contributed by atoms with E-state index in [9.17, 15) is 9.59 Å². The molecule has 0 saturated carbocycles. The van der Waals surface area contributed by atoms with Crippen molar-refractivity contribution in [3.8, 4) is 0 Å². The first-order chi connectivity index (χ1) is 13.4. The summed E-state index contributed by atoms with van der Waals surface area (Å²) in [5.74, 6) is -0.428. The predicted octanol–water partition coefficient (Wildman–Crippen LogP) is 5.13. The standard InChI is InChI=1S/C21H23Cl3N2O2/c1-3-19(21(28)25-4-2)26(13-15-17(23)10-7-11-18(15)24)20(27)12-14-8-5-6-9-16(14)22/h5-11,19H,3-4,12-13H2,1-2H3,(H,25,28)/t19-/m0/s1. The molecule has 7 heteroatoms. The molecular weight excluding hydrogens is 419 g/mol. The fourth-order valence-corrected chi connectivity index (χ4v) is 3.69. The number of carbonyl (C=O) groups is 2. The number of nitrogens with zero attached hydrogens (tertiary/aromatic N) is 1. The van der Waals surface area contributed by atoms with Crippen molar-refractivity contribution >= 4 is 46.6 Å². The molecule has 0 aliphatic rings. The third-order valence-corrected chi connectivity index (χ3v) is 5.50. The first kappa shape index (κ1) is 22.5. The van der Waals surface area contributed by atoms with Crippen LogP contribution < -0.4 is 5.32 Å². The zero-order valence-corrected chi connectivity index (χ0v) is 18.1. The fraction of sp³-hybridized carbons (Fsp3) is 0.333. The smallest absolute Gasteiger partial charge is 0.242 e. The maximum atomic E-state index is 13.2. The molecule has 0 aliphatic carbocycles. The Hall–Kier alpha value is -1.75. The molecule has 28 heavy (non-hydrogen) atoms. The van der Waals surface area contributed by atoms with E-state index >= 15 is 0 Å². The molecule has 0 heterocycles. The predicted molar refractivity (Wildman–Crippen MR) is 115 cm³/mol. The number of amides is 2. The van der Waals surface area contributed by atoms with Crippen molar-refractivity contribution in [1.29, 1.82) is 0 Å². The minimum absolute atomic E-state index is 0.0810. The summed E-state index contributed by atoms with van der Waals surface area (Å²) < 4.78 is 0. The number of halogens is 3. The Morgan fingerprint density at radius 1 is 0.964 bits per heavy atom. The van der Waals surface area contributed by atoms with E-state index in [2.05, 4.69) is 5.32 Å². The molecule has 2 aromatic carbocycles. The van der Waals surface area contributed by atoms with Crippen LogP contribution in [0.2, 0.25) is 15.1 Å². The molecule has 0 unspecified atom stereocenters. The van der Waals surface area contributed by atoms with Gasteiger partial charge in [-0.15, -0.1) is 0 Å². The van der Waals surface area contributed by atoms with E-state index in [0.717, 1.165) is 0 Å². The lowest BCUT2D eigenvalue weighted by Gasteiger charge is -2.31. The first-order valence-electron chi connectivity index (χ1n) is 9.12. The van der Waals surface area contributed by atoms with Crippen LogP contribution in [-0.4, -0.2) is 29.3 Å². The van der Waals surface area contributed by atoms with Gasteiger partial charge in [0.2, 0.25) is 11.8 Å². The van der Waals surface area contributed by atoms with Gasteiger partial charge in [0.25, 0.3) is 0 Å². The van der Waals surface area contributed by atoms with Crippen LogP contribution in [0.1, 0.15) is 31.4 Å². The Morgan fingerprint density at radius 2 is 1.57 bits per heavy atom. The van der Waals surface area contributed by atoms with Crippen LogP contribution in [0.15, 0.2) is 42.5 Å². The molecule has 0 aliphatic heterocycles. The number of likely N-dealkylation sites (N-methyl/N-ethyl adjacent to an activating group) is 1. The summed E-state index contributed by atoms with van der Waals surface area (Å²) in [7, 11) is 0. The molecule has 1 N–H and O–H groups in total. The van der Waals surface area contributed by atoms with Crippen LogP contribution in [0.5, 0.6) is 0 Å². The number of rotatable bonds is 8. The quantitative estimate of drug-likeness (QED) is 0.617. The molecule has 1 atom stereocenters. The van der Waals surface area contributed by atoms with Crippen LogP contribution in [0.25, 0.3) is 0 Å². The van der Waals surface area contributed by atoms with Crippen molar-refractivity contribution in [2.45, 2.75) is 39.3 Å². The van der Waals surface area contributed by atoms with E-state index in [1.54, 1.807) is 36.4 Å². The summed E-state index contributed by atoms with van der Waals surface area (Å²) in [5.41, 5.74) is 1.32. The Labute approximate surface area is 180 Å². The normalized spacial score (nSPS) is 11.8. The van der Waals surface area contributed by atoms with Crippen molar-refractivity contribution in [3.63, 3.8) is 0 Å². The highest BCUT2D eigenvalue weighted by atomic mass is 35.5. The van der Waals surface area contributed by atoms with Gasteiger partial charge >= 0.3 is 0 Å². The Kier molecular flexibility index (Phi) is 8.61. The molecule has 0 fully saturated rings. The molecule has 0 aromatic heterocycles. The summed E-state index contributed by atoms with van der Waals surface area (Å²) in [6.07, 6.45) is 0.541. The lowest BCUT2D eigenvalue weighted by molar-refractivity contribution is -0.140. The van der Waals surface area contributed by atoms with Crippen molar-refractivity contribution < 1.29 is 9.59 Å².